The molecule has 2 fully saturated rings. The summed E-state index contributed by atoms with van der Waals surface area (Å²) in [5.74, 6) is -1.88. The van der Waals surface area contributed by atoms with Crippen LogP contribution in [0, 0.1) is 11.8 Å². The van der Waals surface area contributed by atoms with E-state index in [2.05, 4.69) is 0 Å². The summed E-state index contributed by atoms with van der Waals surface area (Å²) in [5.41, 5.74) is 1.47. The van der Waals surface area contributed by atoms with E-state index >= 15 is 14.4 Å². The van der Waals surface area contributed by atoms with Gasteiger partial charge in [-0.3, -0.25) is 14.4 Å². The Labute approximate surface area is 283 Å². The highest BCUT2D eigenvalue weighted by molar-refractivity contribution is 6.41. The Morgan fingerprint density at radius 3 is 1.33 bits per heavy atom. The molecule has 7 heteroatoms. The topological polar surface area (TPSA) is 72.9 Å². The lowest BCUT2D eigenvalue weighted by molar-refractivity contribution is -0.130. The maximum Gasteiger partial charge on any atom is 0.239 e. The molecule has 8 rings (SSSR count). The lowest BCUT2D eigenvalue weighted by Gasteiger charge is -2.39. The molecule has 1 saturated heterocycles. The van der Waals surface area contributed by atoms with Gasteiger partial charge in [0, 0.05) is 0 Å². The van der Waals surface area contributed by atoms with Crippen molar-refractivity contribution in [3.05, 3.63) is 161 Å². The molecule has 6 nitrogen and oxygen atoms in total. The molecule has 4 atom stereocenters. The fourth-order valence-corrected chi connectivity index (χ4v) is 8.73. The predicted octanol–water partition coefficient (Wildman–Crippen LogP) is 7.55. The first-order valence-corrected chi connectivity index (χ1v) is 16.1. The van der Waals surface area contributed by atoms with Crippen LogP contribution in [0.25, 0.3) is 11.1 Å². The third-order valence-corrected chi connectivity index (χ3v) is 10.6. The van der Waals surface area contributed by atoms with Gasteiger partial charge in [-0.1, -0.05) is 109 Å². The van der Waals surface area contributed by atoms with Crippen molar-refractivity contribution in [1.29, 1.82) is 0 Å². The van der Waals surface area contributed by atoms with E-state index < -0.39 is 34.5 Å². The van der Waals surface area contributed by atoms with Crippen LogP contribution in [-0.2, 0) is 25.2 Å². The van der Waals surface area contributed by atoms with Crippen molar-refractivity contribution < 1.29 is 23.9 Å². The van der Waals surface area contributed by atoms with Gasteiger partial charge >= 0.3 is 0 Å². The molecule has 1 saturated carbocycles. The highest BCUT2D eigenvalue weighted by Gasteiger charge is 2.82. The summed E-state index contributed by atoms with van der Waals surface area (Å²) >= 11 is 6.67. The number of halogens is 1. The van der Waals surface area contributed by atoms with Crippen molar-refractivity contribution in [3.63, 3.8) is 0 Å². The number of hydrogen-bond donors (Lipinski definition) is 0. The van der Waals surface area contributed by atoms with E-state index in [1.54, 1.807) is 38.5 Å². The minimum atomic E-state index is -1.52. The minimum Gasteiger partial charge on any atom is -0.497 e. The number of carbonyl (C=O) groups excluding carboxylic acids is 3. The maximum absolute atomic E-state index is 16.0. The molecule has 2 amide bonds. The van der Waals surface area contributed by atoms with Crippen LogP contribution in [0.5, 0.6) is 11.5 Å². The van der Waals surface area contributed by atoms with Gasteiger partial charge in [-0.2, -0.15) is 0 Å². The fraction of sp³-hybridized carbons (Fsp3) is 0.146. The molecule has 3 aliphatic rings. The molecule has 5 aromatic rings. The van der Waals surface area contributed by atoms with Crippen molar-refractivity contribution in [2.24, 2.45) is 11.8 Å². The van der Waals surface area contributed by atoms with Crippen LogP contribution in [0.2, 0.25) is 5.02 Å². The van der Waals surface area contributed by atoms with Crippen LogP contribution >= 0.6 is 11.6 Å². The van der Waals surface area contributed by atoms with Gasteiger partial charge < -0.3 is 9.47 Å². The van der Waals surface area contributed by atoms with Gasteiger partial charge in [0.05, 0.1) is 47.6 Å². The number of allylic oxidation sites excluding steroid dienone is 2. The van der Waals surface area contributed by atoms with Crippen LogP contribution in [0.3, 0.4) is 0 Å². The van der Waals surface area contributed by atoms with E-state index in [-0.39, 0.29) is 10.8 Å². The SMILES string of the molecule is COc1ccc(C2=C(c3ccc(OC)cc3)[C@@]3(c4ccccc4)C(=O)[C@@]2(c2ccccc2)[C@@H]2C(=O)N(c4ccccc4Cl)C(=O)[C@@H]23)cc1. The predicted molar refractivity (Wildman–Crippen MR) is 185 cm³/mol. The van der Waals surface area contributed by atoms with E-state index in [1.807, 2.05) is 109 Å². The Morgan fingerprint density at radius 1 is 0.542 bits per heavy atom. The van der Waals surface area contributed by atoms with Crippen molar-refractivity contribution >= 4 is 46.0 Å². The van der Waals surface area contributed by atoms with E-state index in [1.165, 1.54) is 4.90 Å². The standard InChI is InChI=1S/C41H30ClNO5/c1-47-29-21-17-25(18-22-29)33-34(26-19-23-30(48-2)24-20-26)41(28-13-7-4-8-14-28)36-35(40(33,39(41)46)27-11-5-3-6-12-27)37(44)43(38(36)45)32-16-10-9-15-31(32)42/h3-24,35-36H,1-2H3/t35-,36+,40-,41-/m1/s1. The van der Waals surface area contributed by atoms with Crippen LogP contribution < -0.4 is 14.4 Å². The maximum atomic E-state index is 16.0. The van der Waals surface area contributed by atoms with Crippen LogP contribution in [0.4, 0.5) is 5.69 Å². The Kier molecular flexibility index (Phi) is 6.90. The van der Waals surface area contributed by atoms with E-state index in [0.717, 1.165) is 11.1 Å². The van der Waals surface area contributed by atoms with Crippen LogP contribution in [0.15, 0.2) is 133 Å². The molecule has 0 unspecified atom stereocenters. The average molecular weight is 652 g/mol. The highest BCUT2D eigenvalue weighted by atomic mass is 35.5. The number of methoxy groups -OCH3 is 2. The molecular weight excluding hydrogens is 622 g/mol. The zero-order valence-electron chi connectivity index (χ0n) is 26.2. The molecule has 2 bridgehead atoms. The second kappa shape index (κ2) is 11.1. The monoisotopic (exact) mass is 651 g/mol. The molecule has 0 radical (unpaired) electrons. The summed E-state index contributed by atoms with van der Waals surface area (Å²) in [4.78, 5) is 47.4. The van der Waals surface area contributed by atoms with Crippen LogP contribution in [-0.4, -0.2) is 31.8 Å². The number of carbonyl (C=O) groups is 3. The lowest BCUT2D eigenvalue weighted by Crippen LogP contribution is -2.45. The number of nitrogens with zero attached hydrogens (tertiary/aromatic N) is 1. The number of para-hydroxylation sites is 1. The molecular formula is C41H30ClNO5. The summed E-state index contributed by atoms with van der Waals surface area (Å²) in [7, 11) is 3.20. The first-order valence-electron chi connectivity index (χ1n) is 15.7. The van der Waals surface area contributed by atoms with E-state index in [4.69, 9.17) is 21.1 Å². The molecule has 1 heterocycles. The smallest absolute Gasteiger partial charge is 0.239 e. The molecule has 48 heavy (non-hydrogen) atoms. The first kappa shape index (κ1) is 29.9. The molecule has 236 valence electrons. The van der Waals surface area contributed by atoms with Crippen molar-refractivity contribution in [1.82, 2.24) is 0 Å². The Morgan fingerprint density at radius 2 is 0.938 bits per heavy atom. The largest absolute Gasteiger partial charge is 0.497 e. The van der Waals surface area contributed by atoms with Gasteiger partial charge in [0.1, 0.15) is 11.5 Å². The normalized spacial score (nSPS) is 24.3. The number of amides is 2. The van der Waals surface area contributed by atoms with E-state index in [0.29, 0.717) is 39.5 Å². The summed E-state index contributed by atoms with van der Waals surface area (Å²) in [6.07, 6.45) is 0. The van der Waals surface area contributed by atoms with Crippen LogP contribution in [0.1, 0.15) is 22.3 Å². The summed E-state index contributed by atoms with van der Waals surface area (Å²) in [6, 6.07) is 40.8. The van der Waals surface area contributed by atoms with Gasteiger partial charge in [0.15, 0.2) is 5.78 Å². The van der Waals surface area contributed by atoms with Gasteiger partial charge in [0.25, 0.3) is 0 Å². The number of rotatable bonds is 7. The Bertz CT molecular complexity index is 2000. The number of imide groups is 1. The highest BCUT2D eigenvalue weighted by Crippen LogP contribution is 2.74. The molecule has 5 aromatic carbocycles. The van der Waals surface area contributed by atoms with Crippen molar-refractivity contribution in [2.75, 3.05) is 19.1 Å². The first-order chi connectivity index (χ1) is 23.4. The number of anilines is 1. The quantitative estimate of drug-likeness (QED) is 0.170. The zero-order valence-corrected chi connectivity index (χ0v) is 27.0. The molecule has 0 aromatic heterocycles. The molecule has 2 aliphatic carbocycles. The van der Waals surface area contributed by atoms with E-state index in [9.17, 15) is 0 Å². The third-order valence-electron chi connectivity index (χ3n) is 10.3. The number of benzene rings is 5. The van der Waals surface area contributed by atoms with Gasteiger partial charge in [-0.05, 0) is 69.8 Å². The number of ketones is 1. The van der Waals surface area contributed by atoms with Gasteiger partial charge in [-0.25, -0.2) is 4.90 Å². The second-order valence-corrected chi connectivity index (χ2v) is 12.7. The molecule has 0 N–H and O–H groups in total. The summed E-state index contributed by atoms with van der Waals surface area (Å²) in [5, 5.41) is 0.277. The number of ether oxygens (including phenoxy) is 2. The van der Waals surface area contributed by atoms with Crippen molar-refractivity contribution in [2.45, 2.75) is 10.8 Å². The minimum absolute atomic E-state index is 0.195. The average Bonchev–Trinajstić information content (AvgIpc) is 3.64. The van der Waals surface area contributed by atoms with Gasteiger partial charge in [0.2, 0.25) is 11.8 Å². The van der Waals surface area contributed by atoms with Gasteiger partial charge in [-0.15, -0.1) is 0 Å². The molecule has 1 aliphatic heterocycles. The second-order valence-electron chi connectivity index (χ2n) is 12.3. The van der Waals surface area contributed by atoms with Crippen molar-refractivity contribution in [3.8, 4) is 11.5 Å². The Balaban J connectivity index is 1.55. The lowest BCUT2D eigenvalue weighted by atomic mass is 9.59. The fourth-order valence-electron chi connectivity index (χ4n) is 8.51. The summed E-state index contributed by atoms with van der Waals surface area (Å²) < 4.78 is 11.0. The number of hydrogen-bond acceptors (Lipinski definition) is 5. The number of fused-ring (bicyclic) bond motifs is 5. The third kappa shape index (κ3) is 3.78. The summed E-state index contributed by atoms with van der Waals surface area (Å²) in [6.45, 7) is 0. The zero-order chi connectivity index (χ0) is 33.2. The Hall–Kier alpha value is -5.46. The molecule has 0 spiro atoms. The number of Topliss-reactive ketones (excluding diaryl/α,β-unsaturated/α-hetero) is 1.